The molecule has 0 aliphatic rings. The van der Waals surface area contributed by atoms with E-state index in [9.17, 15) is 4.79 Å². The topological polar surface area (TPSA) is 74.0 Å². The number of anilines is 3. The van der Waals surface area contributed by atoms with Crippen LogP contribution in [-0.4, -0.2) is 26.3 Å². The zero-order chi connectivity index (χ0) is 24.1. The number of unbranched alkanes of at least 4 members (excludes halogenated alkanes) is 1. The molecule has 0 aliphatic carbocycles. The number of hydrogen-bond donors (Lipinski definition) is 2. The lowest BCUT2D eigenvalue weighted by atomic mass is 10.2. The Morgan fingerprint density at radius 3 is 2.25 bits per heavy atom. The molecular weight excluding hydrogens is 422 g/mol. The van der Waals surface area contributed by atoms with E-state index in [1.54, 1.807) is 19.1 Å². The summed E-state index contributed by atoms with van der Waals surface area (Å²) in [6, 6.07) is 14.7. The van der Waals surface area contributed by atoms with Gasteiger partial charge in [-0.2, -0.15) is 0 Å². The molecule has 0 aliphatic heterocycles. The van der Waals surface area contributed by atoms with Crippen molar-refractivity contribution in [2.45, 2.75) is 33.6 Å². The van der Waals surface area contributed by atoms with Gasteiger partial charge >= 0.3 is 0 Å². The minimum atomic E-state index is 0.357. The number of carbonyl (C=O) groups is 1. The van der Waals surface area contributed by atoms with Gasteiger partial charge in [0.2, 0.25) is 6.41 Å². The highest BCUT2D eigenvalue weighted by Gasteiger charge is 2.23. The van der Waals surface area contributed by atoms with Crippen LogP contribution in [-0.2, 0) is 4.79 Å². The average Bonchev–Trinajstić information content (AvgIpc) is 2.80. The second kappa shape index (κ2) is 13.9. The molecule has 172 valence electrons. The third kappa shape index (κ3) is 7.46. The Bertz CT molecular complexity index is 932. The molecule has 0 spiro atoms. The molecule has 6 nitrogen and oxygen atoms in total. The molecule has 0 heterocycles. The lowest BCUT2D eigenvalue weighted by Gasteiger charge is -2.29. The fourth-order valence-corrected chi connectivity index (χ4v) is 2.88. The molecule has 1 amide bonds. The van der Waals surface area contributed by atoms with Gasteiger partial charge in [-0.1, -0.05) is 50.9 Å². The summed E-state index contributed by atoms with van der Waals surface area (Å²) in [6.45, 7) is 9.81. The van der Waals surface area contributed by atoms with Crippen molar-refractivity contribution in [1.29, 1.82) is 0 Å². The first kappa shape index (κ1) is 26.8. The van der Waals surface area contributed by atoms with Crippen LogP contribution in [0.1, 0.15) is 33.6 Å². The number of nitrogens with two attached hydrogens (primary N) is 1. The smallest absolute Gasteiger partial charge is 0.219 e. The van der Waals surface area contributed by atoms with E-state index in [0.717, 1.165) is 11.4 Å². The molecule has 0 atom stereocenters. The summed E-state index contributed by atoms with van der Waals surface area (Å²) < 4.78 is 0. The van der Waals surface area contributed by atoms with Gasteiger partial charge in [0.05, 0.1) is 5.69 Å². The summed E-state index contributed by atoms with van der Waals surface area (Å²) in [5.74, 6) is 0.357. The summed E-state index contributed by atoms with van der Waals surface area (Å²) in [5, 5.41) is 3.69. The van der Waals surface area contributed by atoms with Gasteiger partial charge < -0.3 is 16.0 Å². The van der Waals surface area contributed by atoms with Gasteiger partial charge in [-0.3, -0.25) is 9.69 Å². The highest BCUT2D eigenvalue weighted by Crippen LogP contribution is 2.26. The van der Waals surface area contributed by atoms with E-state index < -0.39 is 0 Å². The maximum absolute atomic E-state index is 12.0. The van der Waals surface area contributed by atoms with Crippen molar-refractivity contribution in [3.05, 3.63) is 77.7 Å². The summed E-state index contributed by atoms with van der Waals surface area (Å²) in [7, 11) is 3.66. The number of nitrogens with one attached hydrogen (secondary N) is 1. The zero-order valence-corrected chi connectivity index (χ0v) is 20.4. The first-order valence-corrected chi connectivity index (χ1v) is 10.9. The minimum Gasteiger partial charge on any atom is -0.400 e. The van der Waals surface area contributed by atoms with Crippen LogP contribution in [0.25, 0.3) is 0 Å². The number of halogens is 1. The molecule has 0 radical (unpaired) electrons. The fraction of sp³-hybridized carbons (Fsp3) is 0.280. The Morgan fingerprint density at radius 1 is 1.16 bits per heavy atom. The van der Waals surface area contributed by atoms with Gasteiger partial charge in [0, 0.05) is 42.4 Å². The SMILES string of the molecule is C=CN=C(/C(=C(\C)N)N(C)c1ccc(Cl)cc1)N(C=O)c1cccc(NC)c1.CCCC. The predicted octanol–water partition coefficient (Wildman–Crippen LogP) is 6.02. The quantitative estimate of drug-likeness (QED) is 0.290. The van der Waals surface area contributed by atoms with Crippen molar-refractivity contribution in [3.63, 3.8) is 0 Å². The van der Waals surface area contributed by atoms with Crippen molar-refractivity contribution in [2.75, 3.05) is 29.2 Å². The number of rotatable bonds is 8. The number of amidine groups is 1. The van der Waals surface area contributed by atoms with Gasteiger partial charge in [-0.05, 0) is 49.4 Å². The minimum absolute atomic E-state index is 0.357. The Kier molecular flexibility index (Phi) is 11.7. The lowest BCUT2D eigenvalue weighted by Crippen LogP contribution is -2.38. The molecule has 2 rings (SSSR count). The highest BCUT2D eigenvalue weighted by molar-refractivity contribution is 6.30. The number of benzene rings is 2. The van der Waals surface area contributed by atoms with Crippen LogP contribution in [0.3, 0.4) is 0 Å². The van der Waals surface area contributed by atoms with Crippen LogP contribution in [0.15, 0.2) is 77.7 Å². The molecule has 0 saturated heterocycles. The van der Waals surface area contributed by atoms with Crippen LogP contribution >= 0.6 is 11.6 Å². The molecule has 0 fully saturated rings. The largest absolute Gasteiger partial charge is 0.400 e. The molecule has 0 unspecified atom stereocenters. The molecule has 2 aromatic carbocycles. The molecule has 7 heteroatoms. The van der Waals surface area contributed by atoms with Crippen LogP contribution in [0, 0.1) is 0 Å². The van der Waals surface area contributed by atoms with Crippen LogP contribution in [0.2, 0.25) is 5.02 Å². The Hall–Kier alpha value is -3.25. The molecule has 0 aromatic heterocycles. The van der Waals surface area contributed by atoms with Gasteiger partial charge in [-0.25, -0.2) is 4.99 Å². The Balaban J connectivity index is 0.00000118. The van der Waals surface area contributed by atoms with Gasteiger partial charge in [0.1, 0.15) is 5.70 Å². The number of likely N-dealkylation sites (N-methyl/N-ethyl adjacent to an activating group) is 1. The maximum atomic E-state index is 12.0. The molecule has 2 aromatic rings. The monoisotopic (exact) mass is 455 g/mol. The number of allylic oxidation sites excluding steroid dienone is 1. The Labute approximate surface area is 197 Å². The summed E-state index contributed by atoms with van der Waals surface area (Å²) in [5.41, 5.74) is 9.62. The maximum Gasteiger partial charge on any atom is 0.219 e. The van der Waals surface area contributed by atoms with Crippen molar-refractivity contribution in [1.82, 2.24) is 0 Å². The third-order valence-electron chi connectivity index (χ3n) is 4.59. The average molecular weight is 456 g/mol. The number of hydrogen-bond acceptors (Lipinski definition) is 5. The molecule has 3 N–H and O–H groups in total. The number of aliphatic imine (C=N–C) groups is 1. The van der Waals surface area contributed by atoms with Crippen LogP contribution < -0.4 is 20.9 Å². The number of nitrogens with zero attached hydrogens (tertiary/aromatic N) is 3. The first-order valence-electron chi connectivity index (χ1n) is 10.5. The van der Waals surface area contributed by atoms with Gasteiger partial charge in [0.15, 0.2) is 5.84 Å². The van der Waals surface area contributed by atoms with Crippen LogP contribution in [0.4, 0.5) is 17.1 Å². The normalized spacial score (nSPS) is 11.5. The van der Waals surface area contributed by atoms with Crippen LogP contribution in [0.5, 0.6) is 0 Å². The van der Waals surface area contributed by atoms with Crippen molar-refractivity contribution in [3.8, 4) is 0 Å². The fourth-order valence-electron chi connectivity index (χ4n) is 2.75. The van der Waals surface area contributed by atoms with E-state index in [1.165, 1.54) is 23.9 Å². The van der Waals surface area contributed by atoms with Crippen molar-refractivity contribution in [2.24, 2.45) is 10.7 Å². The molecule has 0 saturated carbocycles. The van der Waals surface area contributed by atoms with E-state index in [2.05, 4.69) is 30.7 Å². The molecule has 32 heavy (non-hydrogen) atoms. The third-order valence-corrected chi connectivity index (χ3v) is 4.85. The van der Waals surface area contributed by atoms with E-state index in [4.69, 9.17) is 17.3 Å². The predicted molar refractivity (Wildman–Crippen MR) is 139 cm³/mol. The van der Waals surface area contributed by atoms with E-state index in [-0.39, 0.29) is 0 Å². The van der Waals surface area contributed by atoms with Crippen molar-refractivity contribution < 1.29 is 4.79 Å². The van der Waals surface area contributed by atoms with Crippen molar-refractivity contribution >= 4 is 40.9 Å². The van der Waals surface area contributed by atoms with Gasteiger partial charge in [-0.15, -0.1) is 0 Å². The number of amides is 1. The summed E-state index contributed by atoms with van der Waals surface area (Å²) >= 11 is 6.00. The van der Waals surface area contributed by atoms with E-state index in [0.29, 0.717) is 34.3 Å². The molecular formula is C25H34ClN5O. The van der Waals surface area contributed by atoms with E-state index in [1.807, 2.05) is 55.4 Å². The zero-order valence-electron chi connectivity index (χ0n) is 19.6. The summed E-state index contributed by atoms with van der Waals surface area (Å²) in [4.78, 5) is 19.7. The molecule has 0 bridgehead atoms. The van der Waals surface area contributed by atoms with E-state index >= 15 is 0 Å². The highest BCUT2D eigenvalue weighted by atomic mass is 35.5. The first-order chi connectivity index (χ1) is 15.3. The summed E-state index contributed by atoms with van der Waals surface area (Å²) in [6.07, 6.45) is 4.72. The van der Waals surface area contributed by atoms with Gasteiger partial charge in [0.25, 0.3) is 0 Å². The second-order valence-electron chi connectivity index (χ2n) is 6.98. The Morgan fingerprint density at radius 2 is 1.78 bits per heavy atom. The number of carbonyl (C=O) groups excluding carboxylic acids is 1. The lowest BCUT2D eigenvalue weighted by molar-refractivity contribution is -0.106. The standard InChI is InChI=1S/C21H24ClN5O.C4H10/c1-5-25-21(27(14-28)19-8-6-7-17(13-19)24-3)20(15(2)23)26(4)18-11-9-16(22)10-12-18;1-3-4-2/h5-14,24H,1,23H2,2-4H3;3-4H2,1-2H3/b20-15-,25-21?;. The second-order valence-corrected chi connectivity index (χ2v) is 7.41.